The van der Waals surface area contributed by atoms with Gasteiger partial charge >= 0.3 is 0 Å². The third-order valence-electron chi connectivity index (χ3n) is 7.46. The van der Waals surface area contributed by atoms with Crippen molar-refractivity contribution in [1.29, 1.82) is 0 Å². The molecule has 1 aliphatic carbocycles. The molecule has 6 rings (SSSR count). The SMILES string of the molecule is CCC(=O)N1CCn2c(C3CC(F)(F)C3)nc(-c3cccc4cc(-c5cn(C)nc5C)ncc34)c2C1. The van der Waals surface area contributed by atoms with E-state index in [1.165, 1.54) is 0 Å². The molecule has 0 atom stereocenters. The molecule has 0 unspecified atom stereocenters. The van der Waals surface area contributed by atoms with Crippen molar-refractivity contribution in [2.75, 3.05) is 6.54 Å². The van der Waals surface area contributed by atoms with Gasteiger partial charge in [-0.25, -0.2) is 13.8 Å². The van der Waals surface area contributed by atoms with Gasteiger partial charge in [0.2, 0.25) is 11.8 Å². The molecule has 0 radical (unpaired) electrons. The Hall–Kier alpha value is -3.62. The molecule has 1 fully saturated rings. The monoisotopic (exact) mass is 490 g/mol. The van der Waals surface area contributed by atoms with E-state index in [0.717, 1.165) is 44.7 Å². The summed E-state index contributed by atoms with van der Waals surface area (Å²) < 4.78 is 31.4. The predicted octanol–water partition coefficient (Wildman–Crippen LogP) is 5.07. The van der Waals surface area contributed by atoms with Crippen molar-refractivity contribution >= 4 is 16.7 Å². The Morgan fingerprint density at radius 3 is 2.69 bits per heavy atom. The molecule has 2 aliphatic rings. The number of aryl methyl sites for hydroxylation is 2. The largest absolute Gasteiger partial charge is 0.335 e. The third-order valence-corrected chi connectivity index (χ3v) is 7.46. The number of amides is 1. The molecule has 4 heterocycles. The fourth-order valence-corrected chi connectivity index (χ4v) is 5.58. The summed E-state index contributed by atoms with van der Waals surface area (Å²) >= 11 is 0. The summed E-state index contributed by atoms with van der Waals surface area (Å²) in [5.41, 5.74) is 5.30. The van der Waals surface area contributed by atoms with E-state index in [2.05, 4.69) is 9.67 Å². The van der Waals surface area contributed by atoms with E-state index in [1.807, 2.05) is 62.5 Å². The second-order valence-electron chi connectivity index (χ2n) is 9.95. The molecule has 1 aromatic carbocycles. The quantitative estimate of drug-likeness (QED) is 0.401. The van der Waals surface area contributed by atoms with Crippen LogP contribution in [0.5, 0.6) is 0 Å². The molecule has 36 heavy (non-hydrogen) atoms. The van der Waals surface area contributed by atoms with E-state index in [-0.39, 0.29) is 24.7 Å². The highest BCUT2D eigenvalue weighted by atomic mass is 19.3. The number of hydrogen-bond acceptors (Lipinski definition) is 4. The highest BCUT2D eigenvalue weighted by Gasteiger charge is 2.48. The number of imidazole rings is 1. The number of carbonyl (C=O) groups is 1. The number of hydrogen-bond donors (Lipinski definition) is 0. The topological polar surface area (TPSA) is 68.8 Å². The van der Waals surface area contributed by atoms with Crippen LogP contribution in [0.3, 0.4) is 0 Å². The summed E-state index contributed by atoms with van der Waals surface area (Å²) in [4.78, 5) is 24.1. The Kier molecular flexibility index (Phi) is 5.21. The van der Waals surface area contributed by atoms with Crippen LogP contribution in [0.2, 0.25) is 0 Å². The van der Waals surface area contributed by atoms with Gasteiger partial charge in [0.1, 0.15) is 5.82 Å². The fraction of sp³-hybridized carbons (Fsp3) is 0.407. The van der Waals surface area contributed by atoms with E-state index in [0.29, 0.717) is 31.9 Å². The number of alkyl halides is 2. The lowest BCUT2D eigenvalue weighted by atomic mass is 9.80. The maximum atomic E-state index is 13.8. The summed E-state index contributed by atoms with van der Waals surface area (Å²) in [6.45, 7) is 5.38. The second-order valence-corrected chi connectivity index (χ2v) is 9.95. The molecule has 0 saturated heterocycles. The molecule has 1 amide bonds. The van der Waals surface area contributed by atoms with Crippen LogP contribution in [0.25, 0.3) is 33.3 Å². The molecule has 7 nitrogen and oxygen atoms in total. The predicted molar refractivity (Wildman–Crippen MR) is 133 cm³/mol. The standard InChI is InChI=1S/C27H28F2N6O/c1-4-24(36)34-8-9-35-23(15-34)25(31-26(35)18-11-27(28,29)12-18)19-7-5-6-17-10-22(30-13-20(17)19)21-14-33(3)32-16(21)2/h5-7,10,13-14,18H,4,8-9,11-12,15H2,1-3H3. The lowest BCUT2D eigenvalue weighted by Gasteiger charge is -2.36. The zero-order valence-corrected chi connectivity index (χ0v) is 20.6. The first kappa shape index (κ1) is 22.8. The average Bonchev–Trinajstić information content (AvgIpc) is 3.39. The minimum absolute atomic E-state index is 0.0844. The summed E-state index contributed by atoms with van der Waals surface area (Å²) in [6, 6.07) is 8.07. The molecule has 1 saturated carbocycles. The van der Waals surface area contributed by atoms with Gasteiger partial charge in [0.25, 0.3) is 0 Å². The zero-order valence-electron chi connectivity index (χ0n) is 20.6. The molecule has 1 aliphatic heterocycles. The molecule has 4 aromatic rings. The van der Waals surface area contributed by atoms with Crippen molar-refractivity contribution in [3.8, 4) is 22.5 Å². The number of rotatable bonds is 4. The average molecular weight is 491 g/mol. The van der Waals surface area contributed by atoms with E-state index < -0.39 is 5.92 Å². The highest BCUT2D eigenvalue weighted by Crippen LogP contribution is 2.49. The van der Waals surface area contributed by atoms with Crippen LogP contribution < -0.4 is 0 Å². The molecular weight excluding hydrogens is 462 g/mol. The highest BCUT2D eigenvalue weighted by molar-refractivity contribution is 5.97. The maximum absolute atomic E-state index is 13.8. The van der Waals surface area contributed by atoms with Crippen LogP contribution in [0.4, 0.5) is 8.78 Å². The number of benzene rings is 1. The van der Waals surface area contributed by atoms with Crippen molar-refractivity contribution in [3.63, 3.8) is 0 Å². The number of halogens is 2. The zero-order chi connectivity index (χ0) is 25.2. The maximum Gasteiger partial charge on any atom is 0.249 e. The van der Waals surface area contributed by atoms with Crippen LogP contribution in [0.15, 0.2) is 36.7 Å². The second kappa shape index (κ2) is 8.21. The van der Waals surface area contributed by atoms with Gasteiger partial charge in [0.05, 0.1) is 29.3 Å². The van der Waals surface area contributed by atoms with Gasteiger partial charge in [-0.1, -0.05) is 25.1 Å². The third kappa shape index (κ3) is 3.68. The molecule has 0 spiro atoms. The number of carbonyl (C=O) groups excluding carboxylic acids is 1. The van der Waals surface area contributed by atoms with Gasteiger partial charge in [0, 0.05) is 74.2 Å². The first-order valence-corrected chi connectivity index (χ1v) is 12.4. The molecule has 0 N–H and O–H groups in total. The first-order valence-electron chi connectivity index (χ1n) is 12.4. The summed E-state index contributed by atoms with van der Waals surface area (Å²) in [7, 11) is 1.89. The smallest absolute Gasteiger partial charge is 0.249 e. The number of nitrogens with zero attached hydrogens (tertiary/aromatic N) is 6. The van der Waals surface area contributed by atoms with Gasteiger partial charge < -0.3 is 9.47 Å². The summed E-state index contributed by atoms with van der Waals surface area (Å²) in [6.07, 6.45) is 3.89. The Labute approximate surface area is 207 Å². The summed E-state index contributed by atoms with van der Waals surface area (Å²) in [5, 5.41) is 6.38. The molecule has 3 aromatic heterocycles. The van der Waals surface area contributed by atoms with E-state index >= 15 is 0 Å². The fourth-order valence-electron chi connectivity index (χ4n) is 5.58. The van der Waals surface area contributed by atoms with Crippen LogP contribution in [0, 0.1) is 6.92 Å². The molecular formula is C27H28F2N6O. The van der Waals surface area contributed by atoms with Crippen LogP contribution in [-0.4, -0.2) is 47.6 Å². The van der Waals surface area contributed by atoms with Gasteiger partial charge in [-0.15, -0.1) is 0 Å². The Morgan fingerprint density at radius 1 is 1.19 bits per heavy atom. The van der Waals surface area contributed by atoms with Gasteiger partial charge in [-0.2, -0.15) is 5.10 Å². The Morgan fingerprint density at radius 2 is 2.00 bits per heavy atom. The number of fused-ring (bicyclic) bond motifs is 2. The van der Waals surface area contributed by atoms with E-state index in [1.54, 1.807) is 4.68 Å². The minimum atomic E-state index is -2.62. The number of aromatic nitrogens is 5. The Balaban J connectivity index is 1.47. The van der Waals surface area contributed by atoms with Crippen molar-refractivity contribution < 1.29 is 13.6 Å². The van der Waals surface area contributed by atoms with Gasteiger partial charge in [0.15, 0.2) is 0 Å². The summed E-state index contributed by atoms with van der Waals surface area (Å²) in [5.74, 6) is -2.10. The lowest BCUT2D eigenvalue weighted by molar-refractivity contribution is -0.132. The van der Waals surface area contributed by atoms with E-state index in [4.69, 9.17) is 9.97 Å². The van der Waals surface area contributed by atoms with Crippen LogP contribution in [0.1, 0.15) is 49.3 Å². The Bertz CT molecular complexity index is 1500. The first-order chi connectivity index (χ1) is 17.2. The molecule has 9 heteroatoms. The molecule has 0 bridgehead atoms. The lowest BCUT2D eigenvalue weighted by Crippen LogP contribution is -2.40. The van der Waals surface area contributed by atoms with Crippen molar-refractivity contribution in [2.45, 2.75) is 58.0 Å². The van der Waals surface area contributed by atoms with Crippen molar-refractivity contribution in [1.82, 2.24) is 29.2 Å². The molecule has 186 valence electrons. The van der Waals surface area contributed by atoms with Crippen molar-refractivity contribution in [3.05, 3.63) is 53.9 Å². The minimum Gasteiger partial charge on any atom is -0.335 e. The van der Waals surface area contributed by atoms with E-state index in [9.17, 15) is 13.6 Å². The van der Waals surface area contributed by atoms with Gasteiger partial charge in [-0.05, 0) is 18.4 Å². The number of pyridine rings is 1. The van der Waals surface area contributed by atoms with Crippen molar-refractivity contribution in [2.24, 2.45) is 7.05 Å². The van der Waals surface area contributed by atoms with Crippen LogP contribution in [-0.2, 0) is 24.9 Å². The van der Waals surface area contributed by atoms with Crippen LogP contribution >= 0.6 is 0 Å². The normalized spacial score (nSPS) is 17.3. The van der Waals surface area contributed by atoms with Gasteiger partial charge in [-0.3, -0.25) is 14.5 Å².